The molecule has 0 amide bonds. The fourth-order valence-electron chi connectivity index (χ4n) is 3.44. The number of para-hydroxylation sites is 1. The van der Waals surface area contributed by atoms with Gasteiger partial charge in [-0.3, -0.25) is 5.01 Å². The van der Waals surface area contributed by atoms with Crippen molar-refractivity contribution in [3.8, 4) is 5.75 Å². The number of benzene rings is 3. The standard InChI is InChI=1S/C23H22N2O/c1-17-8-6-7-11-22(17)25-23(19-12-14-20(26-2)15-13-19)16-21(24-25)18-9-4-3-5-10-18/h3-15,23H,16H2,1-2H3/t23-/m1/s1. The topological polar surface area (TPSA) is 24.8 Å². The minimum absolute atomic E-state index is 0.178. The molecule has 0 radical (unpaired) electrons. The van der Waals surface area contributed by atoms with E-state index in [4.69, 9.17) is 9.84 Å². The van der Waals surface area contributed by atoms with E-state index in [9.17, 15) is 0 Å². The molecule has 1 atom stereocenters. The predicted molar refractivity (Wildman–Crippen MR) is 107 cm³/mol. The molecule has 3 aromatic carbocycles. The Morgan fingerprint density at radius 2 is 1.58 bits per heavy atom. The number of ether oxygens (including phenoxy) is 1. The van der Waals surface area contributed by atoms with Crippen LogP contribution in [0.15, 0.2) is 84.0 Å². The zero-order valence-electron chi connectivity index (χ0n) is 15.1. The molecule has 0 unspecified atom stereocenters. The monoisotopic (exact) mass is 342 g/mol. The van der Waals surface area contributed by atoms with Crippen LogP contribution in [0.3, 0.4) is 0 Å². The van der Waals surface area contributed by atoms with Crippen LogP contribution in [0.5, 0.6) is 5.75 Å². The van der Waals surface area contributed by atoms with Gasteiger partial charge in [0, 0.05) is 6.42 Å². The summed E-state index contributed by atoms with van der Waals surface area (Å²) in [5, 5.41) is 7.17. The van der Waals surface area contributed by atoms with Crippen LogP contribution in [-0.2, 0) is 0 Å². The van der Waals surface area contributed by atoms with Crippen LogP contribution < -0.4 is 9.75 Å². The van der Waals surface area contributed by atoms with Crippen molar-refractivity contribution in [1.82, 2.24) is 0 Å². The summed E-state index contributed by atoms with van der Waals surface area (Å²) in [5.41, 5.74) is 5.92. The zero-order chi connectivity index (χ0) is 17.9. The lowest BCUT2D eigenvalue weighted by Gasteiger charge is -2.25. The van der Waals surface area contributed by atoms with Gasteiger partial charge in [-0.05, 0) is 41.8 Å². The number of rotatable bonds is 4. The van der Waals surface area contributed by atoms with E-state index in [1.807, 2.05) is 18.2 Å². The smallest absolute Gasteiger partial charge is 0.118 e. The largest absolute Gasteiger partial charge is 0.497 e. The molecular formula is C23H22N2O. The predicted octanol–water partition coefficient (Wildman–Crippen LogP) is 5.36. The Bertz CT molecular complexity index is 916. The van der Waals surface area contributed by atoms with Crippen LogP contribution in [0, 0.1) is 6.92 Å². The van der Waals surface area contributed by atoms with Crippen LogP contribution >= 0.6 is 0 Å². The van der Waals surface area contributed by atoms with Crippen LogP contribution in [0.2, 0.25) is 0 Å². The average Bonchev–Trinajstić information content (AvgIpc) is 3.14. The zero-order valence-corrected chi connectivity index (χ0v) is 15.1. The molecule has 1 aliphatic heterocycles. The molecule has 4 rings (SSSR count). The lowest BCUT2D eigenvalue weighted by atomic mass is 9.98. The molecule has 1 aliphatic rings. The Labute approximate surface area is 154 Å². The quantitative estimate of drug-likeness (QED) is 0.637. The summed E-state index contributed by atoms with van der Waals surface area (Å²) in [7, 11) is 1.70. The fourth-order valence-corrected chi connectivity index (χ4v) is 3.44. The summed E-state index contributed by atoms with van der Waals surface area (Å²) < 4.78 is 5.31. The first-order chi connectivity index (χ1) is 12.8. The van der Waals surface area contributed by atoms with Gasteiger partial charge in [-0.15, -0.1) is 0 Å². The number of aryl methyl sites for hydroxylation is 1. The van der Waals surface area contributed by atoms with Crippen molar-refractivity contribution >= 4 is 11.4 Å². The van der Waals surface area contributed by atoms with Crippen LogP contribution in [-0.4, -0.2) is 12.8 Å². The van der Waals surface area contributed by atoms with Crippen molar-refractivity contribution in [3.63, 3.8) is 0 Å². The molecule has 0 bridgehead atoms. The Hall–Kier alpha value is -3.07. The highest BCUT2D eigenvalue weighted by atomic mass is 16.5. The third kappa shape index (κ3) is 3.08. The number of methoxy groups -OCH3 is 1. The second-order valence-electron chi connectivity index (χ2n) is 6.54. The number of hydrazone groups is 1. The molecule has 130 valence electrons. The second-order valence-corrected chi connectivity index (χ2v) is 6.54. The number of anilines is 1. The van der Waals surface area contributed by atoms with Gasteiger partial charge in [-0.2, -0.15) is 5.10 Å². The van der Waals surface area contributed by atoms with Gasteiger partial charge in [-0.1, -0.05) is 60.7 Å². The normalized spacial score (nSPS) is 16.5. The van der Waals surface area contributed by atoms with Gasteiger partial charge in [0.15, 0.2) is 0 Å². The van der Waals surface area contributed by atoms with E-state index in [0.717, 1.165) is 23.6 Å². The molecule has 1 heterocycles. The molecule has 0 aromatic heterocycles. The maximum Gasteiger partial charge on any atom is 0.118 e. The molecule has 0 aliphatic carbocycles. The fraction of sp³-hybridized carbons (Fsp3) is 0.174. The molecule has 3 heteroatoms. The summed E-state index contributed by atoms with van der Waals surface area (Å²) >= 11 is 0. The van der Waals surface area contributed by atoms with E-state index in [2.05, 4.69) is 72.6 Å². The Morgan fingerprint density at radius 3 is 2.27 bits per heavy atom. The van der Waals surface area contributed by atoms with Gasteiger partial charge in [0.25, 0.3) is 0 Å². The molecule has 0 spiro atoms. The number of hydrogen-bond acceptors (Lipinski definition) is 3. The van der Waals surface area contributed by atoms with Crippen molar-refractivity contribution < 1.29 is 4.74 Å². The summed E-state index contributed by atoms with van der Waals surface area (Å²) in [6.07, 6.45) is 0.880. The van der Waals surface area contributed by atoms with Gasteiger partial charge in [-0.25, -0.2) is 0 Å². The SMILES string of the molecule is COc1ccc([C@H]2CC(c3ccccc3)=NN2c2ccccc2C)cc1. The average molecular weight is 342 g/mol. The number of nitrogens with zero attached hydrogens (tertiary/aromatic N) is 2. The second kappa shape index (κ2) is 7.04. The van der Waals surface area contributed by atoms with Gasteiger partial charge >= 0.3 is 0 Å². The Kier molecular flexibility index (Phi) is 4.44. The van der Waals surface area contributed by atoms with Crippen molar-refractivity contribution in [2.24, 2.45) is 5.10 Å². The molecule has 0 N–H and O–H groups in total. The van der Waals surface area contributed by atoms with E-state index in [1.54, 1.807) is 7.11 Å². The Morgan fingerprint density at radius 1 is 0.885 bits per heavy atom. The van der Waals surface area contributed by atoms with Crippen molar-refractivity contribution in [2.45, 2.75) is 19.4 Å². The van der Waals surface area contributed by atoms with E-state index in [0.29, 0.717) is 0 Å². The molecule has 0 saturated carbocycles. The summed E-state index contributed by atoms with van der Waals surface area (Å²) in [5.74, 6) is 0.874. The minimum atomic E-state index is 0.178. The van der Waals surface area contributed by atoms with E-state index >= 15 is 0 Å². The molecule has 3 nitrogen and oxygen atoms in total. The molecule has 0 fully saturated rings. The third-order valence-corrected chi connectivity index (χ3v) is 4.88. The Balaban J connectivity index is 1.75. The summed E-state index contributed by atoms with van der Waals surface area (Å²) in [6, 6.07) is 27.3. The minimum Gasteiger partial charge on any atom is -0.497 e. The third-order valence-electron chi connectivity index (χ3n) is 4.88. The number of hydrogen-bond donors (Lipinski definition) is 0. The molecule has 3 aromatic rings. The first-order valence-corrected chi connectivity index (χ1v) is 8.88. The molecule has 26 heavy (non-hydrogen) atoms. The maximum atomic E-state index is 5.31. The summed E-state index contributed by atoms with van der Waals surface area (Å²) in [6.45, 7) is 2.14. The van der Waals surface area contributed by atoms with Gasteiger partial charge < -0.3 is 4.74 Å². The maximum absolute atomic E-state index is 5.31. The molecule has 0 saturated heterocycles. The van der Waals surface area contributed by atoms with Crippen molar-refractivity contribution in [2.75, 3.05) is 12.1 Å². The van der Waals surface area contributed by atoms with Gasteiger partial charge in [0.1, 0.15) is 5.75 Å². The van der Waals surface area contributed by atoms with Crippen LogP contribution in [0.25, 0.3) is 0 Å². The van der Waals surface area contributed by atoms with Crippen LogP contribution in [0.1, 0.15) is 29.2 Å². The highest BCUT2D eigenvalue weighted by molar-refractivity contribution is 6.03. The first-order valence-electron chi connectivity index (χ1n) is 8.88. The summed E-state index contributed by atoms with van der Waals surface area (Å²) in [4.78, 5) is 0. The lowest BCUT2D eigenvalue weighted by Crippen LogP contribution is -2.19. The van der Waals surface area contributed by atoms with Gasteiger partial charge in [0.2, 0.25) is 0 Å². The van der Waals surface area contributed by atoms with Gasteiger partial charge in [0.05, 0.1) is 24.6 Å². The highest BCUT2D eigenvalue weighted by Gasteiger charge is 2.30. The van der Waals surface area contributed by atoms with Crippen molar-refractivity contribution in [1.29, 1.82) is 0 Å². The van der Waals surface area contributed by atoms with E-state index in [-0.39, 0.29) is 6.04 Å². The van der Waals surface area contributed by atoms with Crippen LogP contribution in [0.4, 0.5) is 5.69 Å². The molecular weight excluding hydrogens is 320 g/mol. The van der Waals surface area contributed by atoms with Crippen molar-refractivity contribution in [3.05, 3.63) is 95.6 Å². The lowest BCUT2D eigenvalue weighted by molar-refractivity contribution is 0.414. The van der Waals surface area contributed by atoms with E-state index in [1.165, 1.54) is 16.7 Å². The first kappa shape index (κ1) is 16.4. The highest BCUT2D eigenvalue weighted by Crippen LogP contribution is 2.38. The van der Waals surface area contributed by atoms with E-state index < -0.39 is 0 Å².